The van der Waals surface area contributed by atoms with Gasteiger partial charge in [0.1, 0.15) is 0 Å². The summed E-state index contributed by atoms with van der Waals surface area (Å²) >= 11 is 0. The summed E-state index contributed by atoms with van der Waals surface area (Å²) < 4.78 is 0. The molecule has 1 saturated carbocycles. The van der Waals surface area contributed by atoms with Gasteiger partial charge in [0.25, 0.3) is 0 Å². The fraction of sp³-hybridized carbons (Fsp3) is 1.00. The molecule has 0 spiro atoms. The second-order valence-electron chi connectivity index (χ2n) is 6.20. The van der Waals surface area contributed by atoms with E-state index in [0.29, 0.717) is 12.0 Å². The van der Waals surface area contributed by atoms with E-state index in [9.17, 15) is 5.11 Å². The van der Waals surface area contributed by atoms with Crippen molar-refractivity contribution in [2.75, 3.05) is 6.54 Å². The van der Waals surface area contributed by atoms with E-state index in [4.69, 9.17) is 0 Å². The second-order valence-corrected chi connectivity index (χ2v) is 6.20. The van der Waals surface area contributed by atoms with Gasteiger partial charge in [0, 0.05) is 6.04 Å². The Labute approximate surface area is 114 Å². The van der Waals surface area contributed by atoms with Crippen LogP contribution in [-0.2, 0) is 0 Å². The average molecular weight is 255 g/mol. The third-order valence-electron chi connectivity index (χ3n) is 4.25. The maximum absolute atomic E-state index is 9.64. The summed E-state index contributed by atoms with van der Waals surface area (Å²) in [5.41, 5.74) is 0. The van der Waals surface area contributed by atoms with Crippen LogP contribution in [-0.4, -0.2) is 23.8 Å². The van der Waals surface area contributed by atoms with Crippen molar-refractivity contribution in [1.29, 1.82) is 0 Å². The lowest BCUT2D eigenvalue weighted by atomic mass is 9.87. The molecule has 1 aliphatic rings. The van der Waals surface area contributed by atoms with Crippen LogP contribution in [0.3, 0.4) is 0 Å². The number of hydrogen-bond donors (Lipinski definition) is 2. The molecule has 2 N–H and O–H groups in total. The van der Waals surface area contributed by atoms with Crippen molar-refractivity contribution in [3.8, 4) is 0 Å². The standard InChI is InChI=1S/C16H33NO/c1-3-4-5-6-7-9-14(2)17-13-15-10-8-11-16(18)12-15/h14-18H,3-13H2,1-2H3. The van der Waals surface area contributed by atoms with Gasteiger partial charge in [-0.3, -0.25) is 0 Å². The number of unbranched alkanes of at least 4 members (excludes halogenated alkanes) is 4. The maximum Gasteiger partial charge on any atom is 0.0543 e. The van der Waals surface area contributed by atoms with Gasteiger partial charge in [0.15, 0.2) is 0 Å². The quantitative estimate of drug-likeness (QED) is 0.613. The molecule has 3 atom stereocenters. The van der Waals surface area contributed by atoms with Crippen molar-refractivity contribution in [3.63, 3.8) is 0 Å². The van der Waals surface area contributed by atoms with E-state index in [0.717, 1.165) is 19.4 Å². The highest BCUT2D eigenvalue weighted by Crippen LogP contribution is 2.23. The first-order valence-electron chi connectivity index (χ1n) is 8.13. The molecule has 2 heteroatoms. The molecule has 0 heterocycles. The smallest absolute Gasteiger partial charge is 0.0543 e. The van der Waals surface area contributed by atoms with Crippen molar-refractivity contribution >= 4 is 0 Å². The van der Waals surface area contributed by atoms with Crippen molar-refractivity contribution in [1.82, 2.24) is 5.32 Å². The van der Waals surface area contributed by atoms with Gasteiger partial charge in [-0.2, -0.15) is 0 Å². The van der Waals surface area contributed by atoms with E-state index >= 15 is 0 Å². The maximum atomic E-state index is 9.64. The molecule has 0 radical (unpaired) electrons. The zero-order valence-electron chi connectivity index (χ0n) is 12.5. The van der Waals surface area contributed by atoms with Crippen molar-refractivity contribution in [2.45, 2.75) is 90.2 Å². The molecule has 3 unspecified atom stereocenters. The van der Waals surface area contributed by atoms with Crippen molar-refractivity contribution in [2.24, 2.45) is 5.92 Å². The third kappa shape index (κ3) is 7.38. The molecule has 0 amide bonds. The Hall–Kier alpha value is -0.0800. The lowest BCUT2D eigenvalue weighted by Crippen LogP contribution is -2.34. The fourth-order valence-electron chi connectivity index (χ4n) is 2.97. The van der Waals surface area contributed by atoms with E-state index < -0.39 is 0 Å². The fourth-order valence-corrected chi connectivity index (χ4v) is 2.97. The topological polar surface area (TPSA) is 32.3 Å². The zero-order valence-corrected chi connectivity index (χ0v) is 12.5. The third-order valence-corrected chi connectivity index (χ3v) is 4.25. The van der Waals surface area contributed by atoms with Gasteiger partial charge in [-0.15, -0.1) is 0 Å². The van der Waals surface area contributed by atoms with Crippen LogP contribution in [0.1, 0.15) is 78.1 Å². The van der Waals surface area contributed by atoms with Gasteiger partial charge >= 0.3 is 0 Å². The molecule has 1 rings (SSSR count). The van der Waals surface area contributed by atoms with E-state index in [1.807, 2.05) is 0 Å². The monoisotopic (exact) mass is 255 g/mol. The molecular formula is C16H33NO. The molecule has 0 bridgehead atoms. The van der Waals surface area contributed by atoms with Crippen molar-refractivity contribution in [3.05, 3.63) is 0 Å². The Balaban J connectivity index is 1.97. The SMILES string of the molecule is CCCCCCCC(C)NCC1CCCC(O)C1. The summed E-state index contributed by atoms with van der Waals surface area (Å²) in [5.74, 6) is 0.705. The summed E-state index contributed by atoms with van der Waals surface area (Å²) in [6, 6.07) is 0.644. The number of aliphatic hydroxyl groups excluding tert-OH is 1. The van der Waals surface area contributed by atoms with Gasteiger partial charge < -0.3 is 10.4 Å². The predicted molar refractivity (Wildman–Crippen MR) is 78.8 cm³/mol. The van der Waals surface area contributed by atoms with Gasteiger partial charge in [-0.25, -0.2) is 0 Å². The molecule has 18 heavy (non-hydrogen) atoms. The average Bonchev–Trinajstić information content (AvgIpc) is 2.36. The highest BCUT2D eigenvalue weighted by atomic mass is 16.3. The van der Waals surface area contributed by atoms with E-state index in [1.54, 1.807) is 0 Å². The second kappa shape index (κ2) is 9.80. The van der Waals surface area contributed by atoms with Crippen LogP contribution in [0.4, 0.5) is 0 Å². The Kier molecular flexibility index (Phi) is 8.70. The van der Waals surface area contributed by atoms with Crippen LogP contribution >= 0.6 is 0 Å². The van der Waals surface area contributed by atoms with Gasteiger partial charge in [0.2, 0.25) is 0 Å². The van der Waals surface area contributed by atoms with E-state index in [-0.39, 0.29) is 6.10 Å². The van der Waals surface area contributed by atoms with Crippen LogP contribution < -0.4 is 5.32 Å². The molecule has 1 aliphatic carbocycles. The highest BCUT2D eigenvalue weighted by molar-refractivity contribution is 4.75. The van der Waals surface area contributed by atoms with Gasteiger partial charge in [-0.05, 0) is 45.1 Å². The minimum atomic E-state index is -0.0325. The Morgan fingerprint density at radius 1 is 1.17 bits per heavy atom. The van der Waals surface area contributed by atoms with Crippen LogP contribution in [0.15, 0.2) is 0 Å². The summed E-state index contributed by atoms with van der Waals surface area (Å²) in [6.07, 6.45) is 12.7. The summed E-state index contributed by atoms with van der Waals surface area (Å²) in [6.45, 7) is 5.68. The zero-order chi connectivity index (χ0) is 13.2. The van der Waals surface area contributed by atoms with E-state index in [2.05, 4.69) is 19.2 Å². The summed E-state index contributed by atoms with van der Waals surface area (Å²) in [7, 11) is 0. The number of nitrogens with one attached hydrogen (secondary N) is 1. The minimum Gasteiger partial charge on any atom is -0.393 e. The molecule has 108 valence electrons. The minimum absolute atomic E-state index is 0.0325. The lowest BCUT2D eigenvalue weighted by Gasteiger charge is -2.27. The summed E-state index contributed by atoms with van der Waals surface area (Å²) in [5, 5.41) is 13.3. The molecular weight excluding hydrogens is 222 g/mol. The number of hydrogen-bond acceptors (Lipinski definition) is 2. The van der Waals surface area contributed by atoms with Crippen molar-refractivity contribution < 1.29 is 5.11 Å². The molecule has 1 fully saturated rings. The van der Waals surface area contributed by atoms with Gasteiger partial charge in [-0.1, -0.05) is 45.4 Å². The highest BCUT2D eigenvalue weighted by Gasteiger charge is 2.20. The Morgan fingerprint density at radius 2 is 1.94 bits per heavy atom. The molecule has 0 aromatic rings. The first-order valence-corrected chi connectivity index (χ1v) is 8.13. The van der Waals surface area contributed by atoms with Gasteiger partial charge in [0.05, 0.1) is 6.10 Å². The largest absolute Gasteiger partial charge is 0.393 e. The first kappa shape index (κ1) is 16.0. The molecule has 0 saturated heterocycles. The van der Waals surface area contributed by atoms with Crippen LogP contribution in [0.5, 0.6) is 0 Å². The van der Waals surface area contributed by atoms with Crippen LogP contribution in [0, 0.1) is 5.92 Å². The lowest BCUT2D eigenvalue weighted by molar-refractivity contribution is 0.0996. The Morgan fingerprint density at radius 3 is 2.67 bits per heavy atom. The Bertz CT molecular complexity index is 196. The number of rotatable bonds is 9. The van der Waals surface area contributed by atoms with Crippen LogP contribution in [0.25, 0.3) is 0 Å². The molecule has 2 nitrogen and oxygen atoms in total. The van der Waals surface area contributed by atoms with Crippen LogP contribution in [0.2, 0.25) is 0 Å². The first-order chi connectivity index (χ1) is 8.72. The normalized spacial score (nSPS) is 26.2. The summed E-state index contributed by atoms with van der Waals surface area (Å²) in [4.78, 5) is 0. The van der Waals surface area contributed by atoms with E-state index in [1.165, 1.54) is 51.4 Å². The predicted octanol–water partition coefficient (Wildman–Crippen LogP) is 3.88. The molecule has 0 aromatic heterocycles. The molecule has 0 aliphatic heterocycles. The molecule has 0 aromatic carbocycles. The number of aliphatic hydroxyl groups is 1.